The molecule has 0 bridgehead atoms. The van der Waals surface area contributed by atoms with Gasteiger partial charge in [-0.15, -0.1) is 0 Å². The molecule has 0 aromatic heterocycles. The van der Waals surface area contributed by atoms with E-state index in [4.69, 9.17) is 9.47 Å². The molecule has 1 atom stereocenters. The molecule has 2 aromatic rings. The minimum atomic E-state index is -0.323. The van der Waals surface area contributed by atoms with Crippen molar-refractivity contribution < 1.29 is 19.1 Å². The second-order valence-electron chi connectivity index (χ2n) is 6.55. The lowest BCUT2D eigenvalue weighted by atomic mass is 9.93. The highest BCUT2D eigenvalue weighted by molar-refractivity contribution is 5.81. The van der Waals surface area contributed by atoms with Crippen molar-refractivity contribution in [3.05, 3.63) is 65.4 Å². The number of carbonyl (C=O) groups excluding carboxylic acids is 2. The summed E-state index contributed by atoms with van der Waals surface area (Å²) in [7, 11) is 3.17. The van der Waals surface area contributed by atoms with Crippen molar-refractivity contribution in [3.63, 3.8) is 0 Å². The third-order valence-electron chi connectivity index (χ3n) is 4.82. The smallest absolute Gasteiger partial charge is 0.223 e. The molecule has 6 nitrogen and oxygen atoms in total. The molecule has 1 heterocycles. The van der Waals surface area contributed by atoms with Gasteiger partial charge in [0.05, 0.1) is 26.7 Å². The predicted octanol–water partition coefficient (Wildman–Crippen LogP) is 3.28. The zero-order valence-corrected chi connectivity index (χ0v) is 16.3. The number of methoxy groups -OCH3 is 2. The maximum Gasteiger partial charge on any atom is 0.223 e. The van der Waals surface area contributed by atoms with Gasteiger partial charge in [0.15, 0.2) is 0 Å². The second-order valence-corrected chi connectivity index (χ2v) is 6.55. The average Bonchev–Trinajstić information content (AvgIpc) is 2.72. The molecule has 6 heteroatoms. The number of ether oxygens (including phenoxy) is 2. The molecule has 0 saturated heterocycles. The number of carbonyl (C=O) groups is 2. The summed E-state index contributed by atoms with van der Waals surface area (Å²) in [6.45, 7) is 1.83. The molecule has 1 aliphatic heterocycles. The molecule has 1 aliphatic rings. The van der Waals surface area contributed by atoms with E-state index in [1.807, 2.05) is 42.5 Å². The largest absolute Gasteiger partial charge is 0.497 e. The van der Waals surface area contributed by atoms with Crippen molar-refractivity contribution in [2.24, 2.45) is 0 Å². The number of hydrogen-bond donors (Lipinski definition) is 1. The van der Waals surface area contributed by atoms with Crippen LogP contribution >= 0.6 is 0 Å². The molecule has 0 saturated carbocycles. The van der Waals surface area contributed by atoms with Gasteiger partial charge in [-0.1, -0.05) is 24.3 Å². The Morgan fingerprint density at radius 2 is 1.89 bits per heavy atom. The SMILES string of the molecule is COc1ccc(CNC(=O)CC2c3ccccc3C=CN2C(C)=O)c(OC)c1. The molecule has 2 aromatic carbocycles. The first-order chi connectivity index (χ1) is 13.5. The van der Waals surface area contributed by atoms with Crippen LogP contribution in [-0.4, -0.2) is 30.9 Å². The normalized spacial score (nSPS) is 15.0. The molecule has 0 radical (unpaired) electrons. The molecule has 0 spiro atoms. The van der Waals surface area contributed by atoms with Gasteiger partial charge in [-0.25, -0.2) is 0 Å². The van der Waals surface area contributed by atoms with E-state index < -0.39 is 0 Å². The number of fused-ring (bicyclic) bond motifs is 1. The topological polar surface area (TPSA) is 67.9 Å². The second kappa shape index (κ2) is 8.61. The fraction of sp³-hybridized carbons (Fsp3) is 0.273. The number of hydrogen-bond acceptors (Lipinski definition) is 4. The van der Waals surface area contributed by atoms with Crippen LogP contribution in [0, 0.1) is 0 Å². The zero-order chi connectivity index (χ0) is 20.1. The van der Waals surface area contributed by atoms with E-state index in [2.05, 4.69) is 5.32 Å². The van der Waals surface area contributed by atoms with E-state index in [1.165, 1.54) is 6.92 Å². The quantitative estimate of drug-likeness (QED) is 0.835. The van der Waals surface area contributed by atoms with Gasteiger partial charge < -0.3 is 19.7 Å². The minimum absolute atomic E-state index is 0.0969. The first kappa shape index (κ1) is 19.5. The summed E-state index contributed by atoms with van der Waals surface area (Å²) in [5.74, 6) is 1.10. The fourth-order valence-electron chi connectivity index (χ4n) is 3.35. The standard InChI is InChI=1S/C22H24N2O4/c1-15(25)24-11-10-16-6-4-5-7-19(16)20(24)13-22(26)23-14-17-8-9-18(27-2)12-21(17)28-3/h4-12,20H,13-14H2,1-3H3,(H,23,26). The highest BCUT2D eigenvalue weighted by Crippen LogP contribution is 2.33. The molecule has 0 aliphatic carbocycles. The summed E-state index contributed by atoms with van der Waals surface area (Å²) < 4.78 is 10.6. The molecule has 28 heavy (non-hydrogen) atoms. The Morgan fingerprint density at radius 3 is 2.61 bits per heavy atom. The summed E-state index contributed by atoms with van der Waals surface area (Å²) in [5, 5.41) is 2.93. The fourth-order valence-corrected chi connectivity index (χ4v) is 3.35. The molecular formula is C22H24N2O4. The van der Waals surface area contributed by atoms with Crippen LogP contribution in [0.2, 0.25) is 0 Å². The Bertz CT molecular complexity index is 907. The monoisotopic (exact) mass is 380 g/mol. The number of rotatable bonds is 6. The van der Waals surface area contributed by atoms with E-state index in [-0.39, 0.29) is 24.3 Å². The van der Waals surface area contributed by atoms with Gasteiger partial charge >= 0.3 is 0 Å². The van der Waals surface area contributed by atoms with E-state index in [0.717, 1.165) is 16.7 Å². The average molecular weight is 380 g/mol. The number of nitrogens with one attached hydrogen (secondary N) is 1. The number of benzene rings is 2. The molecule has 2 amide bonds. The van der Waals surface area contributed by atoms with Crippen molar-refractivity contribution >= 4 is 17.9 Å². The van der Waals surface area contributed by atoms with Gasteiger partial charge in [0, 0.05) is 31.3 Å². The zero-order valence-electron chi connectivity index (χ0n) is 16.3. The molecule has 0 fully saturated rings. The molecular weight excluding hydrogens is 356 g/mol. The first-order valence-electron chi connectivity index (χ1n) is 9.07. The first-order valence-corrected chi connectivity index (χ1v) is 9.07. The van der Waals surface area contributed by atoms with Crippen molar-refractivity contribution in [2.45, 2.75) is 25.9 Å². The van der Waals surface area contributed by atoms with Gasteiger partial charge in [-0.3, -0.25) is 9.59 Å². The molecule has 1 unspecified atom stereocenters. The van der Waals surface area contributed by atoms with Gasteiger partial charge in [0.25, 0.3) is 0 Å². The highest BCUT2D eigenvalue weighted by Gasteiger charge is 2.28. The lowest BCUT2D eigenvalue weighted by Gasteiger charge is -2.32. The molecule has 146 valence electrons. The predicted molar refractivity (Wildman–Crippen MR) is 107 cm³/mol. The van der Waals surface area contributed by atoms with E-state index in [1.54, 1.807) is 31.4 Å². The van der Waals surface area contributed by atoms with Crippen molar-refractivity contribution in [3.8, 4) is 11.5 Å². The van der Waals surface area contributed by atoms with E-state index in [9.17, 15) is 9.59 Å². The van der Waals surface area contributed by atoms with Gasteiger partial charge in [-0.05, 0) is 29.3 Å². The number of nitrogens with zero attached hydrogens (tertiary/aromatic N) is 1. The minimum Gasteiger partial charge on any atom is -0.497 e. The lowest BCUT2D eigenvalue weighted by molar-refractivity contribution is -0.130. The molecule has 3 rings (SSSR count). The van der Waals surface area contributed by atoms with E-state index in [0.29, 0.717) is 18.0 Å². The number of amides is 2. The van der Waals surface area contributed by atoms with Crippen LogP contribution in [0.15, 0.2) is 48.7 Å². The molecule has 1 N–H and O–H groups in total. The van der Waals surface area contributed by atoms with Crippen LogP contribution in [0.5, 0.6) is 11.5 Å². The maximum absolute atomic E-state index is 12.6. The summed E-state index contributed by atoms with van der Waals surface area (Å²) in [6, 6.07) is 12.9. The van der Waals surface area contributed by atoms with Crippen molar-refractivity contribution in [2.75, 3.05) is 14.2 Å². The summed E-state index contributed by atoms with van der Waals surface area (Å²) in [6.07, 6.45) is 3.82. The third kappa shape index (κ3) is 4.17. The van der Waals surface area contributed by atoms with Gasteiger partial charge in [0.1, 0.15) is 11.5 Å². The Hall–Kier alpha value is -3.28. The van der Waals surface area contributed by atoms with Crippen molar-refractivity contribution in [1.29, 1.82) is 0 Å². The van der Waals surface area contributed by atoms with Crippen LogP contribution in [0.25, 0.3) is 6.08 Å². The Labute approximate surface area is 164 Å². The van der Waals surface area contributed by atoms with E-state index >= 15 is 0 Å². The summed E-state index contributed by atoms with van der Waals surface area (Å²) >= 11 is 0. The Balaban J connectivity index is 1.72. The Morgan fingerprint density at radius 1 is 1.11 bits per heavy atom. The van der Waals surface area contributed by atoms with Crippen molar-refractivity contribution in [1.82, 2.24) is 10.2 Å². The Kier molecular flexibility index (Phi) is 5.99. The van der Waals surface area contributed by atoms with Crippen LogP contribution in [-0.2, 0) is 16.1 Å². The lowest BCUT2D eigenvalue weighted by Crippen LogP contribution is -2.35. The highest BCUT2D eigenvalue weighted by atomic mass is 16.5. The van der Waals surface area contributed by atoms with Gasteiger partial charge in [0.2, 0.25) is 11.8 Å². The van der Waals surface area contributed by atoms with Crippen LogP contribution in [0.4, 0.5) is 0 Å². The van der Waals surface area contributed by atoms with Crippen LogP contribution in [0.3, 0.4) is 0 Å². The third-order valence-corrected chi connectivity index (χ3v) is 4.82. The summed E-state index contributed by atoms with van der Waals surface area (Å²) in [4.78, 5) is 26.3. The maximum atomic E-state index is 12.6. The van der Waals surface area contributed by atoms with Gasteiger partial charge in [-0.2, -0.15) is 0 Å². The van der Waals surface area contributed by atoms with Crippen LogP contribution in [0.1, 0.15) is 36.1 Å². The van der Waals surface area contributed by atoms with Crippen LogP contribution < -0.4 is 14.8 Å². The summed E-state index contributed by atoms with van der Waals surface area (Å²) in [5.41, 5.74) is 2.84.